The van der Waals surface area contributed by atoms with Crippen LogP contribution in [0.3, 0.4) is 0 Å². The lowest BCUT2D eigenvalue weighted by Crippen LogP contribution is -2.30. The topological polar surface area (TPSA) is 53.0 Å². The Morgan fingerprint density at radius 2 is 2.00 bits per heavy atom. The molecule has 3 nitrogen and oxygen atoms in total. The highest BCUT2D eigenvalue weighted by Crippen LogP contribution is 2.35. The van der Waals surface area contributed by atoms with Gasteiger partial charge in [0.05, 0.1) is 5.25 Å². The molecule has 72 valence electrons. The van der Waals surface area contributed by atoms with Crippen LogP contribution in [0.25, 0.3) is 0 Å². The summed E-state index contributed by atoms with van der Waals surface area (Å²) >= 11 is 1.40. The highest BCUT2D eigenvalue weighted by Gasteiger charge is 2.36. The molecule has 0 spiro atoms. The van der Waals surface area contributed by atoms with Gasteiger partial charge in [0.15, 0.2) is 5.17 Å². The molecule has 4 heteroatoms. The molecule has 13 heavy (non-hydrogen) atoms. The SMILES string of the molecule is N=C1NC(=O)C(C2CCCCC2)S1. The number of carbonyl (C=O) groups is 1. The van der Waals surface area contributed by atoms with E-state index < -0.39 is 0 Å². The lowest BCUT2D eigenvalue weighted by molar-refractivity contribution is -0.119. The molecule has 1 unspecified atom stereocenters. The molecule has 1 saturated carbocycles. The molecule has 2 rings (SSSR count). The fraction of sp³-hybridized carbons (Fsp3) is 0.778. The summed E-state index contributed by atoms with van der Waals surface area (Å²) in [5.74, 6) is 0.573. The molecule has 0 aromatic rings. The number of amidine groups is 1. The first kappa shape index (κ1) is 9.06. The Hall–Kier alpha value is -0.510. The summed E-state index contributed by atoms with van der Waals surface area (Å²) in [4.78, 5) is 11.4. The van der Waals surface area contributed by atoms with Crippen LogP contribution in [-0.4, -0.2) is 16.3 Å². The van der Waals surface area contributed by atoms with Gasteiger partial charge in [-0.3, -0.25) is 10.2 Å². The second kappa shape index (κ2) is 3.70. The molecule has 0 aromatic heterocycles. The monoisotopic (exact) mass is 198 g/mol. The standard InChI is InChI=1S/C9H14N2OS/c10-9-11-8(12)7(13-9)6-4-2-1-3-5-6/h6-7H,1-5H2,(H2,10,11,12). The largest absolute Gasteiger partial charge is 0.305 e. The predicted molar refractivity (Wildman–Crippen MR) is 53.8 cm³/mol. The van der Waals surface area contributed by atoms with Gasteiger partial charge in [-0.15, -0.1) is 0 Å². The fourth-order valence-corrected chi connectivity index (χ4v) is 3.18. The summed E-state index contributed by atoms with van der Waals surface area (Å²) in [6.45, 7) is 0. The van der Waals surface area contributed by atoms with Gasteiger partial charge in [0, 0.05) is 0 Å². The molecular formula is C9H14N2OS. The van der Waals surface area contributed by atoms with Crippen LogP contribution < -0.4 is 5.32 Å². The second-order valence-corrected chi connectivity index (χ2v) is 4.91. The molecule has 0 aromatic carbocycles. The molecule has 1 heterocycles. The lowest BCUT2D eigenvalue weighted by atomic mass is 9.86. The Morgan fingerprint density at radius 3 is 2.54 bits per heavy atom. The number of hydrogen-bond donors (Lipinski definition) is 2. The van der Waals surface area contributed by atoms with Crippen LogP contribution in [0, 0.1) is 11.3 Å². The van der Waals surface area contributed by atoms with E-state index in [4.69, 9.17) is 5.41 Å². The first-order valence-corrected chi connectivity index (χ1v) is 5.71. The Bertz CT molecular complexity index is 236. The molecule has 1 amide bonds. The molecule has 2 fully saturated rings. The summed E-state index contributed by atoms with van der Waals surface area (Å²) in [5.41, 5.74) is 0. The van der Waals surface area contributed by atoms with Crippen LogP contribution >= 0.6 is 11.8 Å². The molecule has 1 aliphatic heterocycles. The number of hydrogen-bond acceptors (Lipinski definition) is 3. The number of amides is 1. The first-order valence-electron chi connectivity index (χ1n) is 4.83. The van der Waals surface area contributed by atoms with Crippen molar-refractivity contribution in [1.82, 2.24) is 5.32 Å². The average Bonchev–Trinajstić information content (AvgIpc) is 2.47. The van der Waals surface area contributed by atoms with Crippen molar-refractivity contribution in [2.75, 3.05) is 0 Å². The van der Waals surface area contributed by atoms with Crippen LogP contribution in [0.15, 0.2) is 0 Å². The third-order valence-electron chi connectivity index (χ3n) is 2.82. The van der Waals surface area contributed by atoms with Crippen LogP contribution in [0.4, 0.5) is 0 Å². The quantitative estimate of drug-likeness (QED) is 0.674. The zero-order valence-corrected chi connectivity index (χ0v) is 8.32. The zero-order valence-electron chi connectivity index (χ0n) is 7.51. The third-order valence-corrected chi connectivity index (χ3v) is 4.01. The highest BCUT2D eigenvalue weighted by atomic mass is 32.2. The van der Waals surface area contributed by atoms with Gasteiger partial charge in [-0.05, 0) is 18.8 Å². The Labute approximate surface area is 82.2 Å². The molecular weight excluding hydrogens is 184 g/mol. The van der Waals surface area contributed by atoms with Crippen LogP contribution in [0.5, 0.6) is 0 Å². The maximum absolute atomic E-state index is 11.4. The van der Waals surface area contributed by atoms with Crippen molar-refractivity contribution in [3.63, 3.8) is 0 Å². The van der Waals surface area contributed by atoms with Crippen molar-refractivity contribution < 1.29 is 4.79 Å². The van der Waals surface area contributed by atoms with Crippen LogP contribution in [0.2, 0.25) is 0 Å². The summed E-state index contributed by atoms with van der Waals surface area (Å²) in [7, 11) is 0. The molecule has 1 atom stereocenters. The van der Waals surface area contributed by atoms with E-state index in [1.165, 1.54) is 43.9 Å². The lowest BCUT2D eigenvalue weighted by Gasteiger charge is -2.24. The van der Waals surface area contributed by atoms with Crippen molar-refractivity contribution in [2.45, 2.75) is 37.4 Å². The molecule has 2 aliphatic rings. The summed E-state index contributed by atoms with van der Waals surface area (Å²) in [5, 5.41) is 10.3. The molecule has 2 N–H and O–H groups in total. The fourth-order valence-electron chi connectivity index (χ4n) is 2.14. The van der Waals surface area contributed by atoms with Gasteiger partial charge in [0.2, 0.25) is 5.91 Å². The number of thioether (sulfide) groups is 1. The number of carbonyl (C=O) groups excluding carboxylic acids is 1. The predicted octanol–water partition coefficient (Wildman–Crippen LogP) is 1.73. The maximum Gasteiger partial charge on any atom is 0.239 e. The van der Waals surface area contributed by atoms with Crippen molar-refractivity contribution in [3.8, 4) is 0 Å². The van der Waals surface area contributed by atoms with Gasteiger partial charge in [-0.2, -0.15) is 0 Å². The molecule has 0 radical (unpaired) electrons. The molecule has 1 aliphatic carbocycles. The normalized spacial score (nSPS) is 30.6. The molecule has 0 bridgehead atoms. The summed E-state index contributed by atoms with van der Waals surface area (Å²) < 4.78 is 0. The summed E-state index contributed by atoms with van der Waals surface area (Å²) in [6, 6.07) is 0. The smallest absolute Gasteiger partial charge is 0.239 e. The van der Waals surface area contributed by atoms with Gasteiger partial charge in [0.25, 0.3) is 0 Å². The van der Waals surface area contributed by atoms with Gasteiger partial charge < -0.3 is 5.32 Å². The van der Waals surface area contributed by atoms with Crippen molar-refractivity contribution in [1.29, 1.82) is 5.41 Å². The van der Waals surface area contributed by atoms with E-state index >= 15 is 0 Å². The van der Waals surface area contributed by atoms with E-state index in [2.05, 4.69) is 5.32 Å². The van der Waals surface area contributed by atoms with Crippen molar-refractivity contribution in [3.05, 3.63) is 0 Å². The number of rotatable bonds is 1. The van der Waals surface area contributed by atoms with E-state index in [1.54, 1.807) is 0 Å². The van der Waals surface area contributed by atoms with Gasteiger partial charge in [-0.1, -0.05) is 31.0 Å². The minimum Gasteiger partial charge on any atom is -0.305 e. The Morgan fingerprint density at radius 1 is 1.31 bits per heavy atom. The Kier molecular flexibility index (Phi) is 2.58. The van der Waals surface area contributed by atoms with Crippen LogP contribution in [-0.2, 0) is 4.79 Å². The molecule has 1 saturated heterocycles. The van der Waals surface area contributed by atoms with E-state index in [1.807, 2.05) is 0 Å². The van der Waals surface area contributed by atoms with Crippen LogP contribution in [0.1, 0.15) is 32.1 Å². The van der Waals surface area contributed by atoms with Crippen molar-refractivity contribution >= 4 is 22.8 Å². The second-order valence-electron chi connectivity index (χ2n) is 3.75. The minimum atomic E-state index is 0.0350. The summed E-state index contributed by atoms with van der Waals surface area (Å²) in [6.07, 6.45) is 6.15. The number of nitrogens with one attached hydrogen (secondary N) is 2. The van der Waals surface area contributed by atoms with E-state index in [0.29, 0.717) is 11.1 Å². The van der Waals surface area contributed by atoms with E-state index in [-0.39, 0.29) is 11.2 Å². The Balaban J connectivity index is 1.99. The third kappa shape index (κ3) is 1.88. The highest BCUT2D eigenvalue weighted by molar-refractivity contribution is 8.15. The van der Waals surface area contributed by atoms with E-state index in [0.717, 1.165) is 0 Å². The minimum absolute atomic E-state index is 0.0350. The van der Waals surface area contributed by atoms with E-state index in [9.17, 15) is 4.79 Å². The van der Waals surface area contributed by atoms with Gasteiger partial charge >= 0.3 is 0 Å². The maximum atomic E-state index is 11.4. The van der Waals surface area contributed by atoms with Gasteiger partial charge in [-0.25, -0.2) is 0 Å². The van der Waals surface area contributed by atoms with Crippen molar-refractivity contribution in [2.24, 2.45) is 5.92 Å². The first-order chi connectivity index (χ1) is 6.27. The van der Waals surface area contributed by atoms with Gasteiger partial charge in [0.1, 0.15) is 0 Å². The average molecular weight is 198 g/mol. The zero-order chi connectivity index (χ0) is 9.26.